The summed E-state index contributed by atoms with van der Waals surface area (Å²) >= 11 is 0. The molecule has 0 bridgehead atoms. The summed E-state index contributed by atoms with van der Waals surface area (Å²) in [6.45, 7) is 10.5. The number of fused-ring (bicyclic) bond motifs is 1. The molecule has 5 nitrogen and oxygen atoms in total. The maximum atomic E-state index is 12.8. The molecule has 0 N–H and O–H groups in total. The molecule has 0 aliphatic rings. The van der Waals surface area contributed by atoms with Gasteiger partial charge in [-0.05, 0) is 44.6 Å². The average Bonchev–Trinajstić information content (AvgIpc) is 2.61. The number of hydrogen-bond donors (Lipinski definition) is 0. The first-order valence-electron chi connectivity index (χ1n) is 9.08. The van der Waals surface area contributed by atoms with Gasteiger partial charge in [0.15, 0.2) is 0 Å². The van der Waals surface area contributed by atoms with E-state index in [1.165, 1.54) is 4.57 Å². The first kappa shape index (κ1) is 18.5. The predicted octanol–water partition coefficient (Wildman–Crippen LogP) is 2.70. The molecule has 0 aliphatic carbocycles. The second-order valence-electron chi connectivity index (χ2n) is 6.14. The van der Waals surface area contributed by atoms with Crippen LogP contribution in [0.15, 0.2) is 33.9 Å². The van der Waals surface area contributed by atoms with E-state index < -0.39 is 0 Å². The lowest BCUT2D eigenvalue weighted by Crippen LogP contribution is -2.40. The minimum Gasteiger partial charge on any atom is -0.304 e. The van der Waals surface area contributed by atoms with Crippen LogP contribution in [-0.4, -0.2) is 33.7 Å². The molecule has 0 fully saturated rings. The molecule has 2 rings (SSSR count). The fourth-order valence-electron chi connectivity index (χ4n) is 3.09. The molecular weight excluding hydrogens is 302 g/mol. The van der Waals surface area contributed by atoms with Crippen LogP contribution >= 0.6 is 0 Å². The van der Waals surface area contributed by atoms with Gasteiger partial charge in [0, 0.05) is 13.1 Å². The van der Waals surface area contributed by atoms with E-state index in [-0.39, 0.29) is 11.2 Å². The summed E-state index contributed by atoms with van der Waals surface area (Å²) in [7, 11) is 0. The Balaban J connectivity index is 2.40. The van der Waals surface area contributed by atoms with Gasteiger partial charge in [0.2, 0.25) is 0 Å². The van der Waals surface area contributed by atoms with Crippen molar-refractivity contribution in [2.75, 3.05) is 19.6 Å². The van der Waals surface area contributed by atoms with Gasteiger partial charge >= 0.3 is 5.69 Å². The molecule has 0 atom stereocenters. The highest BCUT2D eigenvalue weighted by molar-refractivity contribution is 5.77. The molecule has 0 aliphatic heterocycles. The predicted molar refractivity (Wildman–Crippen MR) is 99.8 cm³/mol. The van der Waals surface area contributed by atoms with Crippen LogP contribution in [0.2, 0.25) is 0 Å². The minimum absolute atomic E-state index is 0.163. The minimum atomic E-state index is -0.174. The van der Waals surface area contributed by atoms with E-state index in [0.717, 1.165) is 44.4 Å². The van der Waals surface area contributed by atoms with Crippen molar-refractivity contribution in [1.82, 2.24) is 14.0 Å². The van der Waals surface area contributed by atoms with Gasteiger partial charge in [0.05, 0.1) is 10.9 Å². The van der Waals surface area contributed by atoms with Gasteiger partial charge in [-0.3, -0.25) is 13.9 Å². The number of rotatable bonds is 9. The smallest absolute Gasteiger partial charge is 0.304 e. The highest BCUT2D eigenvalue weighted by Gasteiger charge is 2.12. The molecule has 132 valence electrons. The highest BCUT2D eigenvalue weighted by atomic mass is 16.2. The van der Waals surface area contributed by atoms with Gasteiger partial charge in [-0.1, -0.05) is 39.3 Å². The van der Waals surface area contributed by atoms with Crippen LogP contribution in [0.3, 0.4) is 0 Å². The van der Waals surface area contributed by atoms with Crippen LogP contribution in [0.4, 0.5) is 0 Å². The number of aryl methyl sites for hydroxylation is 1. The molecule has 0 spiro atoms. The number of aromatic nitrogens is 2. The Morgan fingerprint density at radius 2 is 1.58 bits per heavy atom. The van der Waals surface area contributed by atoms with Gasteiger partial charge in [-0.15, -0.1) is 0 Å². The lowest BCUT2D eigenvalue weighted by atomic mass is 10.2. The van der Waals surface area contributed by atoms with Gasteiger partial charge in [-0.2, -0.15) is 0 Å². The van der Waals surface area contributed by atoms with Crippen molar-refractivity contribution in [3.05, 3.63) is 45.1 Å². The largest absolute Gasteiger partial charge is 0.331 e. The van der Waals surface area contributed by atoms with E-state index in [1.807, 2.05) is 24.3 Å². The molecule has 0 unspecified atom stereocenters. The zero-order valence-corrected chi connectivity index (χ0v) is 15.1. The summed E-state index contributed by atoms with van der Waals surface area (Å²) in [6.07, 6.45) is 2.70. The Morgan fingerprint density at radius 3 is 2.25 bits per heavy atom. The lowest BCUT2D eigenvalue weighted by molar-refractivity contribution is 0.292. The van der Waals surface area contributed by atoms with Crippen LogP contribution in [-0.2, 0) is 13.1 Å². The third-order valence-electron chi connectivity index (χ3n) is 4.62. The van der Waals surface area contributed by atoms with Crippen molar-refractivity contribution in [2.24, 2.45) is 0 Å². The quantitative estimate of drug-likeness (QED) is 0.710. The molecule has 0 radical (unpaired) electrons. The zero-order chi connectivity index (χ0) is 17.5. The third kappa shape index (κ3) is 3.96. The van der Waals surface area contributed by atoms with Crippen molar-refractivity contribution in [1.29, 1.82) is 0 Å². The van der Waals surface area contributed by atoms with Crippen molar-refractivity contribution in [3.8, 4) is 0 Å². The summed E-state index contributed by atoms with van der Waals surface area (Å²) in [4.78, 5) is 27.8. The van der Waals surface area contributed by atoms with E-state index in [2.05, 4.69) is 25.7 Å². The molecule has 1 aromatic carbocycles. The van der Waals surface area contributed by atoms with E-state index in [0.29, 0.717) is 18.5 Å². The van der Waals surface area contributed by atoms with Crippen LogP contribution in [0.25, 0.3) is 10.9 Å². The first-order valence-corrected chi connectivity index (χ1v) is 9.08. The summed E-state index contributed by atoms with van der Waals surface area (Å²) in [6, 6.07) is 7.44. The molecule has 1 heterocycles. The summed E-state index contributed by atoms with van der Waals surface area (Å²) in [5.74, 6) is 0. The molecule has 0 saturated heterocycles. The maximum absolute atomic E-state index is 12.8. The topological polar surface area (TPSA) is 47.2 Å². The average molecular weight is 331 g/mol. The zero-order valence-electron chi connectivity index (χ0n) is 15.1. The van der Waals surface area contributed by atoms with E-state index in [4.69, 9.17) is 0 Å². The van der Waals surface area contributed by atoms with Crippen molar-refractivity contribution in [3.63, 3.8) is 0 Å². The Morgan fingerprint density at radius 1 is 0.917 bits per heavy atom. The Bertz CT molecular complexity index is 772. The normalized spacial score (nSPS) is 11.5. The fourth-order valence-corrected chi connectivity index (χ4v) is 3.09. The second-order valence-corrected chi connectivity index (χ2v) is 6.14. The molecule has 0 amide bonds. The van der Waals surface area contributed by atoms with Crippen LogP contribution in [0.1, 0.15) is 40.0 Å². The Hall–Kier alpha value is -1.88. The van der Waals surface area contributed by atoms with Crippen molar-refractivity contribution < 1.29 is 0 Å². The summed E-state index contributed by atoms with van der Waals surface area (Å²) in [5.41, 5.74) is 0.413. The molecule has 2 aromatic rings. The number of unbranched alkanes of at least 4 members (excludes halogenated alkanes) is 1. The highest BCUT2D eigenvalue weighted by Crippen LogP contribution is 2.08. The summed E-state index contributed by atoms with van der Waals surface area (Å²) in [5, 5.41) is 0.635. The fraction of sp³-hybridized carbons (Fsp3) is 0.579. The van der Waals surface area contributed by atoms with E-state index in [1.54, 1.807) is 4.57 Å². The van der Waals surface area contributed by atoms with Gasteiger partial charge in [-0.25, -0.2) is 4.79 Å². The Kier molecular flexibility index (Phi) is 6.79. The second kappa shape index (κ2) is 8.83. The standard InChI is InChI=1S/C19H29N3O2/c1-4-7-14-22-18(23)16-11-8-9-12-17(16)21(19(22)24)15-10-13-20(5-2)6-3/h8-9,11-12H,4-7,10,13-15H2,1-3H3. The van der Waals surface area contributed by atoms with Gasteiger partial charge < -0.3 is 4.90 Å². The molecule has 0 saturated carbocycles. The number of hydrogen-bond acceptors (Lipinski definition) is 3. The Labute approximate surface area is 143 Å². The van der Waals surface area contributed by atoms with Crippen LogP contribution in [0.5, 0.6) is 0 Å². The monoisotopic (exact) mass is 331 g/mol. The third-order valence-corrected chi connectivity index (χ3v) is 4.62. The molecule has 5 heteroatoms. The summed E-state index contributed by atoms with van der Waals surface area (Å²) < 4.78 is 3.18. The van der Waals surface area contributed by atoms with Gasteiger partial charge in [0.25, 0.3) is 5.56 Å². The lowest BCUT2D eigenvalue weighted by Gasteiger charge is -2.19. The van der Waals surface area contributed by atoms with Gasteiger partial charge in [0.1, 0.15) is 0 Å². The van der Waals surface area contributed by atoms with Crippen molar-refractivity contribution >= 4 is 10.9 Å². The molecule has 24 heavy (non-hydrogen) atoms. The van der Waals surface area contributed by atoms with E-state index in [9.17, 15) is 9.59 Å². The van der Waals surface area contributed by atoms with Crippen molar-refractivity contribution in [2.45, 2.75) is 53.1 Å². The number of nitrogens with zero attached hydrogens (tertiary/aromatic N) is 3. The maximum Gasteiger partial charge on any atom is 0.331 e. The first-order chi connectivity index (χ1) is 11.6. The molecule has 1 aromatic heterocycles. The molecular formula is C19H29N3O2. The SMILES string of the molecule is CCCCn1c(=O)c2ccccc2n(CCCN(CC)CC)c1=O. The van der Waals surface area contributed by atoms with Crippen LogP contribution in [0, 0.1) is 0 Å². The number of para-hydroxylation sites is 1. The number of benzene rings is 1. The van der Waals surface area contributed by atoms with E-state index >= 15 is 0 Å². The van der Waals surface area contributed by atoms with Crippen LogP contribution < -0.4 is 11.2 Å².